The van der Waals surface area contributed by atoms with Crippen molar-refractivity contribution in [2.45, 2.75) is 26.4 Å². The number of esters is 1. The molecule has 1 atom stereocenters. The Morgan fingerprint density at radius 1 is 1.42 bits per heavy atom. The van der Waals surface area contributed by atoms with E-state index in [1.165, 1.54) is 0 Å². The molecular formula is C15H21NO3. The lowest BCUT2D eigenvalue weighted by atomic mass is 9.97. The molecule has 0 aliphatic carbocycles. The lowest BCUT2D eigenvalue weighted by molar-refractivity contribution is -0.148. The maximum Gasteiger partial charge on any atom is 0.310 e. The van der Waals surface area contributed by atoms with Crippen LogP contribution in [0.25, 0.3) is 0 Å². The van der Waals surface area contributed by atoms with Crippen molar-refractivity contribution in [1.29, 1.82) is 0 Å². The van der Waals surface area contributed by atoms with Gasteiger partial charge in [-0.2, -0.15) is 0 Å². The lowest BCUT2D eigenvalue weighted by Gasteiger charge is -2.33. The minimum atomic E-state index is -0.0841. The van der Waals surface area contributed by atoms with Crippen LogP contribution in [0.15, 0.2) is 24.3 Å². The first-order valence-corrected chi connectivity index (χ1v) is 6.86. The van der Waals surface area contributed by atoms with Crippen molar-refractivity contribution in [3.63, 3.8) is 0 Å². The fraction of sp³-hybridized carbons (Fsp3) is 0.533. The number of piperidine rings is 1. The molecule has 0 bridgehead atoms. The predicted molar refractivity (Wildman–Crippen MR) is 73.9 cm³/mol. The van der Waals surface area contributed by atoms with Crippen molar-refractivity contribution in [1.82, 2.24) is 0 Å². The van der Waals surface area contributed by atoms with E-state index in [-0.39, 0.29) is 18.5 Å². The van der Waals surface area contributed by atoms with Crippen LogP contribution in [-0.2, 0) is 16.1 Å². The second-order valence-corrected chi connectivity index (χ2v) is 4.86. The van der Waals surface area contributed by atoms with Crippen LogP contribution in [0.2, 0.25) is 0 Å². The molecule has 1 N–H and O–H groups in total. The summed E-state index contributed by atoms with van der Waals surface area (Å²) in [5, 5.41) is 9.04. The Bertz CT molecular complexity index is 416. The summed E-state index contributed by atoms with van der Waals surface area (Å²) in [6.45, 7) is 4.03. The van der Waals surface area contributed by atoms with Gasteiger partial charge in [0.05, 0.1) is 19.1 Å². The Morgan fingerprint density at radius 3 is 2.79 bits per heavy atom. The fourth-order valence-electron chi connectivity index (χ4n) is 2.48. The number of benzene rings is 1. The number of ether oxygens (including phenoxy) is 1. The lowest BCUT2D eigenvalue weighted by Crippen LogP contribution is -2.39. The minimum absolute atomic E-state index is 0.0220. The number of carbonyl (C=O) groups excluding carboxylic acids is 1. The summed E-state index contributed by atoms with van der Waals surface area (Å²) in [6, 6.07) is 7.84. The van der Waals surface area contributed by atoms with Crippen LogP contribution in [0.4, 0.5) is 5.69 Å². The van der Waals surface area contributed by atoms with Crippen molar-refractivity contribution in [2.24, 2.45) is 5.92 Å². The SMILES string of the molecule is CCOC(=O)C1CCCN(c2ccc(CO)cc2)C1. The monoisotopic (exact) mass is 263 g/mol. The average molecular weight is 263 g/mol. The molecule has 1 heterocycles. The standard InChI is InChI=1S/C15H21NO3/c1-2-19-15(18)13-4-3-9-16(10-13)14-7-5-12(11-17)6-8-14/h5-8,13,17H,2-4,9-11H2,1H3. The maximum atomic E-state index is 11.8. The fourth-order valence-corrected chi connectivity index (χ4v) is 2.48. The van der Waals surface area contributed by atoms with Crippen LogP contribution in [-0.4, -0.2) is 30.8 Å². The highest BCUT2D eigenvalue weighted by atomic mass is 16.5. The molecule has 2 rings (SSSR count). The highest BCUT2D eigenvalue weighted by molar-refractivity contribution is 5.73. The molecule has 1 fully saturated rings. The van der Waals surface area contributed by atoms with Crippen molar-refractivity contribution in [3.8, 4) is 0 Å². The van der Waals surface area contributed by atoms with Gasteiger partial charge in [-0.05, 0) is 37.5 Å². The van der Waals surface area contributed by atoms with Gasteiger partial charge in [0.1, 0.15) is 0 Å². The van der Waals surface area contributed by atoms with E-state index in [0.717, 1.165) is 37.2 Å². The average Bonchev–Trinajstić information content (AvgIpc) is 2.48. The van der Waals surface area contributed by atoms with E-state index in [0.29, 0.717) is 6.61 Å². The number of carbonyl (C=O) groups is 1. The van der Waals surface area contributed by atoms with Crippen LogP contribution in [0.1, 0.15) is 25.3 Å². The first-order valence-electron chi connectivity index (χ1n) is 6.86. The largest absolute Gasteiger partial charge is 0.466 e. The molecule has 1 aliphatic rings. The number of aliphatic hydroxyl groups is 1. The third kappa shape index (κ3) is 3.47. The summed E-state index contributed by atoms with van der Waals surface area (Å²) in [5.74, 6) is -0.106. The van der Waals surface area contributed by atoms with Crippen molar-refractivity contribution >= 4 is 11.7 Å². The van der Waals surface area contributed by atoms with E-state index in [2.05, 4.69) is 4.90 Å². The molecule has 0 radical (unpaired) electrons. The zero-order chi connectivity index (χ0) is 13.7. The van der Waals surface area contributed by atoms with Gasteiger partial charge < -0.3 is 14.7 Å². The molecule has 1 saturated heterocycles. The Labute approximate surface area is 114 Å². The zero-order valence-electron chi connectivity index (χ0n) is 11.3. The molecule has 104 valence electrons. The molecule has 1 aromatic carbocycles. The van der Waals surface area contributed by atoms with Crippen molar-refractivity contribution < 1.29 is 14.6 Å². The quantitative estimate of drug-likeness (QED) is 0.844. The van der Waals surface area contributed by atoms with Crippen molar-refractivity contribution in [3.05, 3.63) is 29.8 Å². The van der Waals surface area contributed by atoms with Crippen molar-refractivity contribution in [2.75, 3.05) is 24.6 Å². The van der Waals surface area contributed by atoms with Gasteiger partial charge in [0, 0.05) is 18.8 Å². The molecule has 4 nitrogen and oxygen atoms in total. The van der Waals surface area contributed by atoms with E-state index in [9.17, 15) is 4.79 Å². The zero-order valence-corrected chi connectivity index (χ0v) is 11.3. The van der Waals surface area contributed by atoms with E-state index in [1.54, 1.807) is 0 Å². The van der Waals surface area contributed by atoms with Crippen LogP contribution in [0.5, 0.6) is 0 Å². The van der Waals surface area contributed by atoms with E-state index >= 15 is 0 Å². The van der Waals surface area contributed by atoms with Gasteiger partial charge >= 0.3 is 5.97 Å². The second kappa shape index (κ2) is 6.57. The minimum Gasteiger partial charge on any atom is -0.466 e. The van der Waals surface area contributed by atoms with Gasteiger partial charge in [0.25, 0.3) is 0 Å². The number of nitrogens with zero attached hydrogens (tertiary/aromatic N) is 1. The molecule has 0 saturated carbocycles. The highest BCUT2D eigenvalue weighted by Gasteiger charge is 2.26. The maximum absolute atomic E-state index is 11.8. The molecule has 4 heteroatoms. The Balaban J connectivity index is 2.01. The normalized spacial score (nSPS) is 19.3. The van der Waals surface area contributed by atoms with E-state index in [1.807, 2.05) is 31.2 Å². The summed E-state index contributed by atoms with van der Waals surface area (Å²) in [4.78, 5) is 14.0. The Hall–Kier alpha value is -1.55. The van der Waals surface area contributed by atoms with Gasteiger partial charge in [-0.1, -0.05) is 12.1 Å². The molecule has 1 aliphatic heterocycles. The van der Waals surface area contributed by atoms with Gasteiger partial charge in [0.15, 0.2) is 0 Å². The summed E-state index contributed by atoms with van der Waals surface area (Å²) in [7, 11) is 0. The van der Waals surface area contributed by atoms with Gasteiger partial charge in [-0.15, -0.1) is 0 Å². The van der Waals surface area contributed by atoms with Crippen LogP contribution in [0, 0.1) is 5.92 Å². The van der Waals surface area contributed by atoms with E-state index < -0.39 is 0 Å². The number of anilines is 1. The van der Waals surface area contributed by atoms with Crippen LogP contribution < -0.4 is 4.90 Å². The molecular weight excluding hydrogens is 242 g/mol. The number of hydrogen-bond donors (Lipinski definition) is 1. The summed E-state index contributed by atoms with van der Waals surface area (Å²) in [5.41, 5.74) is 2.01. The van der Waals surface area contributed by atoms with E-state index in [4.69, 9.17) is 9.84 Å². The molecule has 0 aromatic heterocycles. The molecule has 0 spiro atoms. The van der Waals surface area contributed by atoms with Gasteiger partial charge in [-0.3, -0.25) is 4.79 Å². The number of hydrogen-bond acceptors (Lipinski definition) is 4. The van der Waals surface area contributed by atoms with Crippen LogP contribution >= 0.6 is 0 Å². The van der Waals surface area contributed by atoms with Crippen LogP contribution in [0.3, 0.4) is 0 Å². The first kappa shape index (κ1) is 13.9. The Morgan fingerprint density at radius 2 is 2.16 bits per heavy atom. The first-order chi connectivity index (χ1) is 9.24. The van der Waals surface area contributed by atoms with Gasteiger partial charge in [0.2, 0.25) is 0 Å². The summed E-state index contributed by atoms with van der Waals surface area (Å²) < 4.78 is 5.10. The Kier molecular flexibility index (Phi) is 4.80. The predicted octanol–water partition coefficient (Wildman–Crippen LogP) is 1.96. The van der Waals surface area contributed by atoms with Gasteiger partial charge in [-0.25, -0.2) is 0 Å². The molecule has 0 amide bonds. The molecule has 19 heavy (non-hydrogen) atoms. The smallest absolute Gasteiger partial charge is 0.310 e. The number of aliphatic hydroxyl groups excluding tert-OH is 1. The topological polar surface area (TPSA) is 49.8 Å². The molecule has 1 unspecified atom stereocenters. The molecule has 1 aromatic rings. The summed E-state index contributed by atoms with van der Waals surface area (Å²) in [6.07, 6.45) is 1.91. The number of rotatable bonds is 4. The third-order valence-electron chi connectivity index (χ3n) is 3.53. The summed E-state index contributed by atoms with van der Waals surface area (Å²) >= 11 is 0. The third-order valence-corrected chi connectivity index (χ3v) is 3.53. The highest BCUT2D eigenvalue weighted by Crippen LogP contribution is 2.24. The second-order valence-electron chi connectivity index (χ2n) is 4.86.